The first-order valence-corrected chi connectivity index (χ1v) is 5.51. The maximum Gasteiger partial charge on any atom is 0.235 e. The van der Waals surface area contributed by atoms with E-state index in [1.165, 1.54) is 14.2 Å². The van der Waals surface area contributed by atoms with Gasteiger partial charge in [-0.25, -0.2) is 4.79 Å². The minimum atomic E-state index is -0.598. The Balaban J connectivity index is 2.64. The zero-order chi connectivity index (χ0) is 13.2. The highest BCUT2D eigenvalue weighted by Gasteiger charge is 2.47. The van der Waals surface area contributed by atoms with Crippen molar-refractivity contribution in [2.75, 3.05) is 14.2 Å². The molecule has 94 valence electrons. The van der Waals surface area contributed by atoms with Crippen molar-refractivity contribution in [1.29, 1.82) is 0 Å². The number of carbonyl (C=O) groups is 1. The fraction of sp³-hybridized carbons (Fsp3) is 0.385. The standard InChI is InChI=1S/C13H13NO4/c1-17-11-6-9(7-15)5-10(12(11)18-2)13(3-4-13)14-8-16/h5-7H,3-4H2,1-2H3. The van der Waals surface area contributed by atoms with Crippen molar-refractivity contribution in [3.63, 3.8) is 0 Å². The number of nitrogens with zero attached hydrogens (tertiary/aromatic N) is 1. The number of methoxy groups -OCH3 is 2. The Morgan fingerprint density at radius 3 is 2.50 bits per heavy atom. The highest BCUT2D eigenvalue weighted by molar-refractivity contribution is 5.78. The molecule has 0 bridgehead atoms. The third-order valence-electron chi connectivity index (χ3n) is 3.12. The second kappa shape index (κ2) is 4.63. The molecule has 0 heterocycles. The van der Waals surface area contributed by atoms with Crippen LogP contribution in [0.1, 0.15) is 28.8 Å². The minimum absolute atomic E-state index is 0.462. The first kappa shape index (κ1) is 12.3. The molecule has 0 spiro atoms. The molecule has 18 heavy (non-hydrogen) atoms. The fourth-order valence-corrected chi connectivity index (χ4v) is 2.05. The molecule has 1 saturated carbocycles. The fourth-order valence-electron chi connectivity index (χ4n) is 2.05. The summed E-state index contributed by atoms with van der Waals surface area (Å²) in [5.74, 6) is 0.976. The van der Waals surface area contributed by atoms with Crippen molar-refractivity contribution in [2.45, 2.75) is 18.4 Å². The molecule has 2 rings (SSSR count). The number of aldehydes is 1. The number of rotatable bonds is 5. The van der Waals surface area contributed by atoms with Crippen molar-refractivity contribution >= 4 is 12.4 Å². The summed E-state index contributed by atoms with van der Waals surface area (Å²) >= 11 is 0. The molecule has 1 aromatic carbocycles. The van der Waals surface area contributed by atoms with Gasteiger partial charge in [0.1, 0.15) is 11.8 Å². The molecule has 1 aliphatic rings. The van der Waals surface area contributed by atoms with Gasteiger partial charge in [-0.3, -0.25) is 4.79 Å². The van der Waals surface area contributed by atoms with Crippen molar-refractivity contribution in [3.05, 3.63) is 23.3 Å². The first-order valence-electron chi connectivity index (χ1n) is 5.51. The van der Waals surface area contributed by atoms with Crippen molar-refractivity contribution in [2.24, 2.45) is 4.99 Å². The summed E-state index contributed by atoms with van der Waals surface area (Å²) in [4.78, 5) is 25.3. The van der Waals surface area contributed by atoms with Crippen LogP contribution in [0.5, 0.6) is 11.5 Å². The molecular weight excluding hydrogens is 234 g/mol. The Hall–Kier alpha value is -2.13. The van der Waals surface area contributed by atoms with Crippen LogP contribution in [0.15, 0.2) is 17.1 Å². The first-order chi connectivity index (χ1) is 8.70. The molecule has 0 unspecified atom stereocenters. The maximum atomic E-state index is 10.9. The van der Waals surface area contributed by atoms with Crippen LogP contribution >= 0.6 is 0 Å². The van der Waals surface area contributed by atoms with E-state index in [-0.39, 0.29) is 0 Å². The van der Waals surface area contributed by atoms with E-state index in [4.69, 9.17) is 9.47 Å². The van der Waals surface area contributed by atoms with Crippen LogP contribution in [-0.2, 0) is 10.3 Å². The van der Waals surface area contributed by atoms with Gasteiger partial charge < -0.3 is 9.47 Å². The Bertz CT molecular complexity index is 528. The Morgan fingerprint density at radius 1 is 1.33 bits per heavy atom. The smallest absolute Gasteiger partial charge is 0.235 e. The highest BCUT2D eigenvalue weighted by atomic mass is 16.5. The lowest BCUT2D eigenvalue weighted by atomic mass is 10.0. The summed E-state index contributed by atoms with van der Waals surface area (Å²) in [6.45, 7) is 0. The molecule has 1 aliphatic carbocycles. The summed E-state index contributed by atoms with van der Waals surface area (Å²) in [5, 5.41) is 0. The molecule has 0 radical (unpaired) electrons. The third-order valence-corrected chi connectivity index (χ3v) is 3.12. The van der Waals surface area contributed by atoms with Crippen LogP contribution in [0.3, 0.4) is 0 Å². The van der Waals surface area contributed by atoms with Crippen LogP contribution in [0.25, 0.3) is 0 Å². The SMILES string of the molecule is COc1cc(C=O)cc(C2(N=C=O)CC2)c1OC. The third kappa shape index (κ3) is 1.89. The molecule has 0 aromatic heterocycles. The predicted molar refractivity (Wildman–Crippen MR) is 64.0 cm³/mol. The van der Waals surface area contributed by atoms with Crippen molar-refractivity contribution < 1.29 is 19.1 Å². The van der Waals surface area contributed by atoms with Crippen LogP contribution in [0.4, 0.5) is 0 Å². The molecule has 5 heteroatoms. The number of isocyanates is 1. The van der Waals surface area contributed by atoms with Gasteiger partial charge in [0.05, 0.1) is 14.2 Å². The second-order valence-electron chi connectivity index (χ2n) is 4.16. The quantitative estimate of drug-likeness (QED) is 0.452. The normalized spacial score (nSPS) is 15.4. The average molecular weight is 247 g/mol. The van der Waals surface area contributed by atoms with E-state index in [0.717, 1.165) is 19.1 Å². The van der Waals surface area contributed by atoms with E-state index in [1.54, 1.807) is 18.2 Å². The molecular formula is C13H13NO4. The van der Waals surface area contributed by atoms with Gasteiger partial charge in [-0.15, -0.1) is 0 Å². The lowest BCUT2D eigenvalue weighted by Gasteiger charge is -2.17. The Morgan fingerprint density at radius 2 is 2.06 bits per heavy atom. The van der Waals surface area contributed by atoms with Crippen LogP contribution in [0, 0.1) is 0 Å². The molecule has 1 fully saturated rings. The maximum absolute atomic E-state index is 10.9. The number of carbonyl (C=O) groups excluding carboxylic acids is 2. The van der Waals surface area contributed by atoms with Gasteiger partial charge in [-0.1, -0.05) is 0 Å². The summed E-state index contributed by atoms with van der Waals surface area (Å²) in [6.07, 6.45) is 3.79. The van der Waals surface area contributed by atoms with Crippen LogP contribution in [0.2, 0.25) is 0 Å². The van der Waals surface area contributed by atoms with E-state index < -0.39 is 5.54 Å². The Kier molecular flexibility index (Phi) is 3.17. The number of hydrogen-bond acceptors (Lipinski definition) is 5. The van der Waals surface area contributed by atoms with Crippen LogP contribution < -0.4 is 9.47 Å². The summed E-state index contributed by atoms with van der Waals surface area (Å²) in [6, 6.07) is 3.28. The minimum Gasteiger partial charge on any atom is -0.493 e. The molecule has 0 amide bonds. The van der Waals surface area contributed by atoms with Crippen molar-refractivity contribution in [3.8, 4) is 11.5 Å². The number of benzene rings is 1. The molecule has 0 aliphatic heterocycles. The highest BCUT2D eigenvalue weighted by Crippen LogP contribution is 2.54. The monoisotopic (exact) mass is 247 g/mol. The molecule has 0 saturated heterocycles. The molecule has 0 atom stereocenters. The topological polar surface area (TPSA) is 65.0 Å². The Labute approximate surface area is 104 Å². The summed E-state index contributed by atoms with van der Waals surface area (Å²) in [5.41, 5.74) is 0.573. The van der Waals surface area contributed by atoms with Gasteiger partial charge >= 0.3 is 0 Å². The van der Waals surface area contributed by atoms with Gasteiger partial charge in [-0.05, 0) is 25.0 Å². The van der Waals surface area contributed by atoms with Gasteiger partial charge in [0.2, 0.25) is 6.08 Å². The number of hydrogen-bond donors (Lipinski definition) is 0. The molecule has 1 aromatic rings. The zero-order valence-electron chi connectivity index (χ0n) is 10.2. The zero-order valence-corrected chi connectivity index (χ0v) is 10.2. The second-order valence-corrected chi connectivity index (χ2v) is 4.16. The van der Waals surface area contributed by atoms with E-state index in [9.17, 15) is 9.59 Å². The van der Waals surface area contributed by atoms with Gasteiger partial charge in [-0.2, -0.15) is 4.99 Å². The lowest BCUT2D eigenvalue weighted by molar-refractivity contribution is 0.112. The molecule has 0 N–H and O–H groups in total. The van der Waals surface area contributed by atoms with E-state index in [1.807, 2.05) is 0 Å². The summed E-state index contributed by atoms with van der Waals surface area (Å²) < 4.78 is 10.5. The van der Waals surface area contributed by atoms with E-state index in [2.05, 4.69) is 4.99 Å². The van der Waals surface area contributed by atoms with E-state index >= 15 is 0 Å². The van der Waals surface area contributed by atoms with Crippen molar-refractivity contribution in [1.82, 2.24) is 0 Å². The van der Waals surface area contributed by atoms with Crippen LogP contribution in [-0.4, -0.2) is 26.6 Å². The van der Waals surface area contributed by atoms with Gasteiger partial charge in [0, 0.05) is 11.1 Å². The van der Waals surface area contributed by atoms with Gasteiger partial charge in [0.25, 0.3) is 0 Å². The predicted octanol–water partition coefficient (Wildman–Crippen LogP) is 1.84. The largest absolute Gasteiger partial charge is 0.493 e. The number of aliphatic imine (C=N–C) groups is 1. The number of ether oxygens (including phenoxy) is 2. The van der Waals surface area contributed by atoms with E-state index in [0.29, 0.717) is 22.6 Å². The summed E-state index contributed by atoms with van der Waals surface area (Å²) in [7, 11) is 3.02. The van der Waals surface area contributed by atoms with Gasteiger partial charge in [0.15, 0.2) is 11.5 Å². The lowest BCUT2D eigenvalue weighted by Crippen LogP contribution is -2.07. The molecule has 5 nitrogen and oxygen atoms in total. The average Bonchev–Trinajstić information content (AvgIpc) is 3.18.